The van der Waals surface area contributed by atoms with E-state index in [0.717, 1.165) is 30.0 Å². The standard InChI is InChI=1S/C17H23N3S/c1-3-20-17(11-14-12-19-10-9-16(14)18)13-5-7-15(8-6-13)21-4-2/h5-10,12,17,20H,3-4,11H2,1-2H3,(H2,18,19). The zero-order valence-corrected chi connectivity index (χ0v) is 13.5. The number of benzene rings is 1. The number of anilines is 1. The van der Waals surface area contributed by atoms with E-state index in [1.54, 1.807) is 6.20 Å². The van der Waals surface area contributed by atoms with E-state index >= 15 is 0 Å². The molecule has 0 saturated heterocycles. The summed E-state index contributed by atoms with van der Waals surface area (Å²) in [6.07, 6.45) is 4.45. The largest absolute Gasteiger partial charge is 0.398 e. The van der Waals surface area contributed by atoms with Crippen molar-refractivity contribution < 1.29 is 0 Å². The highest BCUT2D eigenvalue weighted by atomic mass is 32.2. The highest BCUT2D eigenvalue weighted by Gasteiger charge is 2.13. The first-order valence-corrected chi connectivity index (χ1v) is 8.37. The molecule has 1 aromatic carbocycles. The highest BCUT2D eigenvalue weighted by molar-refractivity contribution is 7.99. The fourth-order valence-electron chi connectivity index (χ4n) is 2.35. The molecular formula is C17H23N3S. The number of rotatable bonds is 7. The molecule has 112 valence electrons. The van der Waals surface area contributed by atoms with Crippen molar-refractivity contribution in [3.63, 3.8) is 0 Å². The van der Waals surface area contributed by atoms with Crippen molar-refractivity contribution in [1.82, 2.24) is 10.3 Å². The predicted molar refractivity (Wildman–Crippen MR) is 91.6 cm³/mol. The summed E-state index contributed by atoms with van der Waals surface area (Å²) < 4.78 is 0. The lowest BCUT2D eigenvalue weighted by atomic mass is 9.99. The fourth-order valence-corrected chi connectivity index (χ4v) is 3.01. The van der Waals surface area contributed by atoms with Crippen LogP contribution in [0.15, 0.2) is 47.6 Å². The van der Waals surface area contributed by atoms with Crippen LogP contribution >= 0.6 is 11.8 Å². The summed E-state index contributed by atoms with van der Waals surface area (Å²) in [5.74, 6) is 1.10. The van der Waals surface area contributed by atoms with E-state index in [2.05, 4.69) is 48.4 Å². The Hall–Kier alpha value is -1.52. The first-order valence-electron chi connectivity index (χ1n) is 7.39. The first-order chi connectivity index (χ1) is 10.2. The van der Waals surface area contributed by atoms with Crippen molar-refractivity contribution in [1.29, 1.82) is 0 Å². The van der Waals surface area contributed by atoms with Crippen LogP contribution in [0, 0.1) is 0 Å². The molecule has 0 spiro atoms. The predicted octanol–water partition coefficient (Wildman–Crippen LogP) is 3.67. The normalized spacial score (nSPS) is 12.3. The summed E-state index contributed by atoms with van der Waals surface area (Å²) in [4.78, 5) is 5.50. The molecule has 0 fully saturated rings. The molecule has 0 saturated carbocycles. The number of pyridine rings is 1. The minimum Gasteiger partial charge on any atom is -0.398 e. The fraction of sp³-hybridized carbons (Fsp3) is 0.353. The molecule has 0 aliphatic rings. The van der Waals surface area contributed by atoms with Gasteiger partial charge in [-0.15, -0.1) is 11.8 Å². The molecule has 21 heavy (non-hydrogen) atoms. The number of hydrogen-bond donors (Lipinski definition) is 2. The maximum Gasteiger partial charge on any atom is 0.0378 e. The van der Waals surface area contributed by atoms with Gasteiger partial charge >= 0.3 is 0 Å². The molecule has 3 nitrogen and oxygen atoms in total. The van der Waals surface area contributed by atoms with Gasteiger partial charge in [-0.05, 0) is 48.0 Å². The van der Waals surface area contributed by atoms with Crippen LogP contribution in [0.25, 0.3) is 0 Å². The van der Waals surface area contributed by atoms with Crippen molar-refractivity contribution in [3.8, 4) is 0 Å². The van der Waals surface area contributed by atoms with Gasteiger partial charge in [-0.3, -0.25) is 4.98 Å². The molecule has 2 rings (SSSR count). The van der Waals surface area contributed by atoms with E-state index in [-0.39, 0.29) is 6.04 Å². The van der Waals surface area contributed by atoms with E-state index in [9.17, 15) is 0 Å². The molecule has 4 heteroatoms. The summed E-state index contributed by atoms with van der Waals surface area (Å²) in [5.41, 5.74) is 9.23. The molecule has 1 unspecified atom stereocenters. The van der Waals surface area contributed by atoms with Crippen molar-refractivity contribution in [2.75, 3.05) is 18.0 Å². The molecule has 3 N–H and O–H groups in total. The van der Waals surface area contributed by atoms with Crippen LogP contribution in [0.1, 0.15) is 31.0 Å². The van der Waals surface area contributed by atoms with Crippen molar-refractivity contribution in [3.05, 3.63) is 53.9 Å². The summed E-state index contributed by atoms with van der Waals surface area (Å²) >= 11 is 1.87. The van der Waals surface area contributed by atoms with Gasteiger partial charge in [0.15, 0.2) is 0 Å². The minimum absolute atomic E-state index is 0.266. The number of likely N-dealkylation sites (N-methyl/N-ethyl adjacent to an activating group) is 1. The molecule has 1 heterocycles. The molecule has 1 atom stereocenters. The van der Waals surface area contributed by atoms with E-state index in [0.29, 0.717) is 0 Å². The van der Waals surface area contributed by atoms with Gasteiger partial charge in [-0.1, -0.05) is 26.0 Å². The maximum absolute atomic E-state index is 6.04. The third-order valence-corrected chi connectivity index (χ3v) is 4.30. The van der Waals surface area contributed by atoms with Crippen LogP contribution in [0.4, 0.5) is 5.69 Å². The summed E-state index contributed by atoms with van der Waals surface area (Å²) in [5, 5.41) is 3.54. The van der Waals surface area contributed by atoms with E-state index in [1.807, 2.05) is 24.0 Å². The second-order valence-corrected chi connectivity index (χ2v) is 6.23. The molecular weight excluding hydrogens is 278 g/mol. The number of nitrogens with one attached hydrogen (secondary N) is 1. The SMILES string of the molecule is CCNC(Cc1cnccc1N)c1ccc(SCC)cc1. The average molecular weight is 301 g/mol. The molecule has 0 aliphatic carbocycles. The Morgan fingerprint density at radius 2 is 1.95 bits per heavy atom. The Morgan fingerprint density at radius 1 is 1.19 bits per heavy atom. The van der Waals surface area contributed by atoms with Crippen LogP contribution in [-0.2, 0) is 6.42 Å². The van der Waals surface area contributed by atoms with E-state index < -0.39 is 0 Å². The van der Waals surface area contributed by atoms with Gasteiger partial charge in [0, 0.05) is 29.0 Å². The number of aromatic nitrogens is 1. The van der Waals surface area contributed by atoms with Crippen LogP contribution in [0.3, 0.4) is 0 Å². The maximum atomic E-state index is 6.04. The minimum atomic E-state index is 0.266. The van der Waals surface area contributed by atoms with Gasteiger partial charge in [0.25, 0.3) is 0 Å². The molecule has 1 aromatic heterocycles. The number of nitrogens with two attached hydrogens (primary N) is 1. The Kier molecular flexibility index (Phi) is 6.08. The lowest BCUT2D eigenvalue weighted by molar-refractivity contribution is 0.549. The van der Waals surface area contributed by atoms with Crippen LogP contribution in [0.5, 0.6) is 0 Å². The van der Waals surface area contributed by atoms with E-state index in [4.69, 9.17) is 5.73 Å². The third kappa shape index (κ3) is 4.48. The lowest BCUT2D eigenvalue weighted by Gasteiger charge is -2.19. The summed E-state index contributed by atoms with van der Waals surface area (Å²) in [6.45, 7) is 5.22. The number of thioether (sulfide) groups is 1. The van der Waals surface area contributed by atoms with Gasteiger partial charge in [0.1, 0.15) is 0 Å². The summed E-state index contributed by atoms with van der Waals surface area (Å²) in [7, 11) is 0. The Bertz CT molecular complexity index is 554. The second kappa shape index (κ2) is 8.05. The van der Waals surface area contributed by atoms with Gasteiger partial charge in [-0.25, -0.2) is 0 Å². The zero-order valence-electron chi connectivity index (χ0n) is 12.7. The van der Waals surface area contributed by atoms with E-state index in [1.165, 1.54) is 10.5 Å². The number of nitrogen functional groups attached to an aromatic ring is 1. The Morgan fingerprint density at radius 3 is 2.57 bits per heavy atom. The first kappa shape index (κ1) is 15.9. The number of hydrogen-bond acceptors (Lipinski definition) is 4. The quantitative estimate of drug-likeness (QED) is 0.766. The van der Waals surface area contributed by atoms with Crippen molar-refractivity contribution in [2.24, 2.45) is 0 Å². The average Bonchev–Trinajstić information content (AvgIpc) is 2.50. The lowest BCUT2D eigenvalue weighted by Crippen LogP contribution is -2.23. The van der Waals surface area contributed by atoms with Gasteiger partial charge < -0.3 is 11.1 Å². The number of nitrogens with zero attached hydrogens (tertiary/aromatic N) is 1. The zero-order chi connectivity index (χ0) is 15.1. The monoisotopic (exact) mass is 301 g/mol. The topological polar surface area (TPSA) is 50.9 Å². The molecule has 2 aromatic rings. The van der Waals surface area contributed by atoms with Crippen molar-refractivity contribution in [2.45, 2.75) is 31.2 Å². The van der Waals surface area contributed by atoms with Crippen LogP contribution in [0.2, 0.25) is 0 Å². The Labute approximate surface area is 131 Å². The Balaban J connectivity index is 2.16. The molecule has 0 radical (unpaired) electrons. The molecule has 0 aliphatic heterocycles. The molecule has 0 amide bonds. The van der Waals surface area contributed by atoms with Gasteiger partial charge in [0.2, 0.25) is 0 Å². The van der Waals surface area contributed by atoms with Crippen molar-refractivity contribution >= 4 is 17.4 Å². The summed E-state index contributed by atoms with van der Waals surface area (Å²) in [6, 6.07) is 10.9. The second-order valence-electron chi connectivity index (χ2n) is 4.89. The highest BCUT2D eigenvalue weighted by Crippen LogP contribution is 2.24. The van der Waals surface area contributed by atoms with Gasteiger partial charge in [-0.2, -0.15) is 0 Å². The third-order valence-electron chi connectivity index (χ3n) is 3.41. The van der Waals surface area contributed by atoms with Crippen LogP contribution < -0.4 is 11.1 Å². The molecule has 0 bridgehead atoms. The van der Waals surface area contributed by atoms with Gasteiger partial charge in [0.05, 0.1) is 0 Å². The smallest absolute Gasteiger partial charge is 0.0378 e. The van der Waals surface area contributed by atoms with Crippen LogP contribution in [-0.4, -0.2) is 17.3 Å².